The maximum atomic E-state index is 13.2. The van der Waals surface area contributed by atoms with Gasteiger partial charge in [-0.25, -0.2) is 4.39 Å². The van der Waals surface area contributed by atoms with E-state index in [1.165, 1.54) is 25.0 Å². The van der Waals surface area contributed by atoms with Crippen LogP contribution in [0.3, 0.4) is 0 Å². The number of rotatable bonds is 15. The zero-order chi connectivity index (χ0) is 15.1. The molecule has 0 amide bonds. The Bertz CT molecular complexity index is 225. The first-order valence-electron chi connectivity index (χ1n) is 8.10. The van der Waals surface area contributed by atoms with Gasteiger partial charge >= 0.3 is 5.97 Å². The van der Waals surface area contributed by atoms with Gasteiger partial charge in [0, 0.05) is 6.42 Å². The van der Waals surface area contributed by atoms with E-state index in [0.717, 1.165) is 50.7 Å². The van der Waals surface area contributed by atoms with Crippen molar-refractivity contribution in [2.75, 3.05) is 11.5 Å². The van der Waals surface area contributed by atoms with Crippen LogP contribution in [-0.2, 0) is 4.79 Å². The van der Waals surface area contributed by atoms with E-state index in [1.807, 2.05) is 18.7 Å². The normalized spacial score (nSPS) is 12.5. The van der Waals surface area contributed by atoms with E-state index in [9.17, 15) is 9.18 Å². The summed E-state index contributed by atoms with van der Waals surface area (Å²) < 4.78 is 13.2. The Hall–Kier alpha value is -0.250. The van der Waals surface area contributed by atoms with Crippen molar-refractivity contribution in [2.24, 2.45) is 0 Å². The molecule has 1 N–H and O–H groups in total. The van der Waals surface area contributed by atoms with E-state index in [4.69, 9.17) is 5.11 Å². The molecule has 0 aromatic carbocycles. The lowest BCUT2D eigenvalue weighted by Crippen LogP contribution is -1.98. The predicted molar refractivity (Wildman–Crippen MR) is 86.3 cm³/mol. The Kier molecular flexibility index (Phi) is 15.0. The van der Waals surface area contributed by atoms with Crippen molar-refractivity contribution in [1.29, 1.82) is 0 Å². The maximum absolute atomic E-state index is 13.2. The Labute approximate surface area is 127 Å². The monoisotopic (exact) mass is 305 g/mol. The summed E-state index contributed by atoms with van der Waals surface area (Å²) in [5, 5.41) is 8.49. The van der Waals surface area contributed by atoms with Crippen molar-refractivity contribution < 1.29 is 14.3 Å². The summed E-state index contributed by atoms with van der Waals surface area (Å²) in [7, 11) is 0. The quantitative estimate of drug-likeness (QED) is 0.409. The lowest BCUT2D eigenvalue weighted by atomic mass is 10.1. The summed E-state index contributed by atoms with van der Waals surface area (Å²) in [5.41, 5.74) is 0. The molecule has 0 aromatic rings. The molecule has 4 heteroatoms. The summed E-state index contributed by atoms with van der Waals surface area (Å²) in [6.07, 6.45) is 9.82. The van der Waals surface area contributed by atoms with Gasteiger partial charge in [0.15, 0.2) is 0 Å². The first-order valence-corrected chi connectivity index (χ1v) is 9.26. The van der Waals surface area contributed by atoms with Crippen LogP contribution in [0.5, 0.6) is 0 Å². The largest absolute Gasteiger partial charge is 0.481 e. The van der Waals surface area contributed by atoms with Crippen molar-refractivity contribution in [3.63, 3.8) is 0 Å². The number of halogens is 1. The number of carboxylic acids is 1. The molecule has 0 fully saturated rings. The van der Waals surface area contributed by atoms with Gasteiger partial charge in [0.25, 0.3) is 0 Å². The highest BCUT2D eigenvalue weighted by molar-refractivity contribution is 7.99. The molecule has 0 radical (unpaired) electrons. The molecule has 0 aromatic heterocycles. The third kappa shape index (κ3) is 15.8. The highest BCUT2D eigenvalue weighted by Gasteiger charge is 2.03. The van der Waals surface area contributed by atoms with Crippen molar-refractivity contribution in [3.8, 4) is 0 Å². The summed E-state index contributed by atoms with van der Waals surface area (Å²) in [5.74, 6) is 1.56. The standard InChI is InChI=1S/C16H31FO2S/c1-2-10-15(17)11-6-4-3-5-8-13-20-14-9-7-12-16(18)19/h15H,2-14H2,1H3,(H,18,19)/t15-/m1/s1/i17-1. The highest BCUT2D eigenvalue weighted by atomic mass is 32.2. The number of carbonyl (C=O) groups is 1. The second-order valence-electron chi connectivity index (χ2n) is 5.41. The van der Waals surface area contributed by atoms with Gasteiger partial charge in [0.1, 0.15) is 6.17 Å². The van der Waals surface area contributed by atoms with Crippen LogP contribution in [0.15, 0.2) is 0 Å². The molecule has 1 atom stereocenters. The van der Waals surface area contributed by atoms with Crippen LogP contribution in [0, 0.1) is 0 Å². The number of unbranched alkanes of at least 4 members (excludes halogenated alkanes) is 5. The smallest absolute Gasteiger partial charge is 0.303 e. The minimum atomic E-state index is -0.690. The number of alkyl halides is 1. The molecule has 120 valence electrons. The van der Waals surface area contributed by atoms with Gasteiger partial charge < -0.3 is 5.11 Å². The molecule has 0 saturated heterocycles. The van der Waals surface area contributed by atoms with E-state index in [1.54, 1.807) is 0 Å². The fraction of sp³-hybridized carbons (Fsp3) is 0.938. The van der Waals surface area contributed by atoms with Crippen LogP contribution in [-0.4, -0.2) is 28.8 Å². The number of hydrogen-bond donors (Lipinski definition) is 1. The molecule has 0 unspecified atom stereocenters. The third-order valence-corrected chi connectivity index (χ3v) is 4.49. The highest BCUT2D eigenvalue weighted by Crippen LogP contribution is 2.14. The second kappa shape index (κ2) is 15.1. The van der Waals surface area contributed by atoms with Crippen LogP contribution >= 0.6 is 11.8 Å². The molecule has 0 heterocycles. The number of thioether (sulfide) groups is 1. The molecule has 0 spiro atoms. The molecule has 0 aliphatic carbocycles. The van der Waals surface area contributed by atoms with E-state index in [0.29, 0.717) is 6.42 Å². The molecule has 0 aliphatic heterocycles. The van der Waals surface area contributed by atoms with Crippen molar-refractivity contribution in [2.45, 2.75) is 83.7 Å². The van der Waals surface area contributed by atoms with E-state index < -0.39 is 12.1 Å². The molecular weight excluding hydrogens is 274 g/mol. The molecule has 2 nitrogen and oxygen atoms in total. The summed E-state index contributed by atoms with van der Waals surface area (Å²) in [6.45, 7) is 2.03. The molecule has 0 saturated carbocycles. The van der Waals surface area contributed by atoms with E-state index in [-0.39, 0.29) is 0 Å². The SMILES string of the molecule is CCC[C@@H]([18F])CCCCCCCSCCCCC(=O)O. The van der Waals surface area contributed by atoms with Crippen LogP contribution in [0.4, 0.5) is 4.39 Å². The molecule has 0 rings (SSSR count). The molecule has 20 heavy (non-hydrogen) atoms. The van der Waals surface area contributed by atoms with Crippen LogP contribution in [0.2, 0.25) is 0 Å². The van der Waals surface area contributed by atoms with Gasteiger partial charge in [-0.05, 0) is 43.6 Å². The van der Waals surface area contributed by atoms with Crippen molar-refractivity contribution >= 4 is 17.7 Å². The van der Waals surface area contributed by atoms with E-state index in [2.05, 4.69) is 0 Å². The van der Waals surface area contributed by atoms with Gasteiger partial charge in [-0.15, -0.1) is 0 Å². The first kappa shape index (κ1) is 19.8. The topological polar surface area (TPSA) is 37.3 Å². The first-order chi connectivity index (χ1) is 9.66. The van der Waals surface area contributed by atoms with Crippen molar-refractivity contribution in [3.05, 3.63) is 0 Å². The number of hydrogen-bond acceptors (Lipinski definition) is 2. The Balaban J connectivity index is 3.04. The summed E-state index contributed by atoms with van der Waals surface area (Å²) in [4.78, 5) is 10.3. The van der Waals surface area contributed by atoms with Gasteiger partial charge in [0.05, 0.1) is 0 Å². The Morgan fingerprint density at radius 1 is 1.00 bits per heavy atom. The zero-order valence-corrected chi connectivity index (χ0v) is 13.7. The predicted octanol–water partition coefficient (Wildman–Crippen LogP) is 5.45. The summed E-state index contributed by atoms with van der Waals surface area (Å²) >= 11 is 1.93. The Morgan fingerprint density at radius 3 is 2.25 bits per heavy atom. The third-order valence-electron chi connectivity index (χ3n) is 3.34. The molecule has 0 aliphatic rings. The van der Waals surface area contributed by atoms with Gasteiger partial charge in [-0.1, -0.05) is 39.0 Å². The van der Waals surface area contributed by atoms with Crippen LogP contribution < -0.4 is 0 Å². The zero-order valence-electron chi connectivity index (χ0n) is 12.9. The average Bonchev–Trinajstić information content (AvgIpc) is 2.40. The number of carboxylic acid groups (broad SMARTS) is 1. The molecular formula is C16H31FO2S. The van der Waals surface area contributed by atoms with Gasteiger partial charge in [0.2, 0.25) is 0 Å². The van der Waals surface area contributed by atoms with Crippen molar-refractivity contribution in [1.82, 2.24) is 0 Å². The average molecular weight is 305 g/mol. The second-order valence-corrected chi connectivity index (χ2v) is 6.63. The minimum Gasteiger partial charge on any atom is -0.481 e. The van der Waals surface area contributed by atoms with Crippen LogP contribution in [0.25, 0.3) is 0 Å². The fourth-order valence-corrected chi connectivity index (χ4v) is 3.16. The number of aliphatic carboxylic acids is 1. The minimum absolute atomic E-state index is 0.300. The lowest BCUT2D eigenvalue weighted by Gasteiger charge is -2.06. The Morgan fingerprint density at radius 2 is 1.60 bits per heavy atom. The van der Waals surface area contributed by atoms with Gasteiger partial charge in [-0.3, -0.25) is 4.79 Å². The molecule has 0 bridgehead atoms. The van der Waals surface area contributed by atoms with E-state index >= 15 is 0 Å². The maximum Gasteiger partial charge on any atom is 0.303 e. The lowest BCUT2D eigenvalue weighted by molar-refractivity contribution is -0.137. The fourth-order valence-electron chi connectivity index (χ4n) is 2.14. The van der Waals surface area contributed by atoms with Crippen LogP contribution in [0.1, 0.15) is 77.6 Å². The summed E-state index contributed by atoms with van der Waals surface area (Å²) in [6, 6.07) is 0. The van der Waals surface area contributed by atoms with Gasteiger partial charge in [-0.2, -0.15) is 11.8 Å².